The van der Waals surface area contributed by atoms with Crippen molar-refractivity contribution in [3.8, 4) is 11.5 Å². The molecule has 0 aliphatic heterocycles. The van der Waals surface area contributed by atoms with Crippen molar-refractivity contribution in [3.05, 3.63) is 35.1 Å². The van der Waals surface area contributed by atoms with Gasteiger partial charge in [0.15, 0.2) is 11.6 Å². The highest BCUT2D eigenvalue weighted by atomic mass is 79.9. The summed E-state index contributed by atoms with van der Waals surface area (Å²) in [5.41, 5.74) is 8.44. The molecular weight excluding hydrogens is 334 g/mol. The highest BCUT2D eigenvalue weighted by Crippen LogP contribution is 2.27. The fraction of sp³-hybridized carbons (Fsp3) is 0.214. The molecule has 0 saturated carbocycles. The molecule has 7 heteroatoms. The molecule has 0 fully saturated rings. The van der Waals surface area contributed by atoms with Gasteiger partial charge < -0.3 is 15.0 Å². The maximum atomic E-state index is 5.96. The molecule has 0 unspecified atom stereocenters. The first-order chi connectivity index (χ1) is 10.2. The number of para-hydroxylation sites is 2. The average molecular weight is 348 g/mol. The Hall–Kier alpha value is -1.99. The van der Waals surface area contributed by atoms with E-state index in [2.05, 4.69) is 30.9 Å². The van der Waals surface area contributed by atoms with Crippen molar-refractivity contribution in [2.24, 2.45) is 0 Å². The smallest absolute Gasteiger partial charge is 0.163 e. The number of hydrogen-bond donors (Lipinski definition) is 1. The molecule has 3 aromatic rings. The molecule has 0 radical (unpaired) electrons. The third-order valence-electron chi connectivity index (χ3n) is 3.16. The molecule has 21 heavy (non-hydrogen) atoms. The van der Waals surface area contributed by atoms with Gasteiger partial charge in [0.2, 0.25) is 0 Å². The fourth-order valence-corrected chi connectivity index (χ4v) is 2.49. The van der Waals surface area contributed by atoms with Crippen molar-refractivity contribution in [1.29, 1.82) is 0 Å². The van der Waals surface area contributed by atoms with Gasteiger partial charge in [0.1, 0.15) is 10.3 Å². The predicted octanol–water partition coefficient (Wildman–Crippen LogP) is 2.48. The van der Waals surface area contributed by atoms with Gasteiger partial charge in [-0.3, -0.25) is 0 Å². The number of aromatic nitrogens is 4. The Bertz CT molecular complexity index is 786. The topological polar surface area (TPSA) is 78.8 Å². The SMILES string of the molecule is COCCn1c(-c2nc(Br)cnc2N)nc2ccccc21. The van der Waals surface area contributed by atoms with Crippen LogP contribution in [0, 0.1) is 0 Å². The zero-order chi connectivity index (χ0) is 14.8. The van der Waals surface area contributed by atoms with Gasteiger partial charge in [0.05, 0.1) is 23.8 Å². The van der Waals surface area contributed by atoms with Crippen molar-refractivity contribution >= 4 is 32.8 Å². The molecule has 0 bridgehead atoms. The quantitative estimate of drug-likeness (QED) is 0.784. The van der Waals surface area contributed by atoms with E-state index in [4.69, 9.17) is 10.5 Å². The van der Waals surface area contributed by atoms with E-state index in [1.54, 1.807) is 13.3 Å². The second-order valence-electron chi connectivity index (χ2n) is 4.50. The lowest BCUT2D eigenvalue weighted by atomic mass is 10.3. The lowest BCUT2D eigenvalue weighted by Crippen LogP contribution is -2.08. The first kappa shape index (κ1) is 14.0. The molecule has 6 nitrogen and oxygen atoms in total. The molecule has 0 aliphatic carbocycles. The number of rotatable bonds is 4. The van der Waals surface area contributed by atoms with Crippen LogP contribution in [0.15, 0.2) is 35.1 Å². The maximum absolute atomic E-state index is 5.96. The number of nitrogen functional groups attached to an aromatic ring is 1. The number of nitrogens with zero attached hydrogens (tertiary/aromatic N) is 4. The Balaban J connectivity index is 2.23. The first-order valence-electron chi connectivity index (χ1n) is 6.43. The minimum Gasteiger partial charge on any atom is -0.383 e. The molecule has 2 aromatic heterocycles. The van der Waals surface area contributed by atoms with E-state index in [1.165, 1.54) is 0 Å². The predicted molar refractivity (Wildman–Crippen MR) is 84.7 cm³/mol. The summed E-state index contributed by atoms with van der Waals surface area (Å²) in [4.78, 5) is 13.2. The average Bonchev–Trinajstić information content (AvgIpc) is 2.86. The summed E-state index contributed by atoms with van der Waals surface area (Å²) in [6.45, 7) is 1.24. The van der Waals surface area contributed by atoms with E-state index in [1.807, 2.05) is 28.8 Å². The fourth-order valence-electron chi connectivity index (χ4n) is 2.21. The summed E-state index contributed by atoms with van der Waals surface area (Å²) >= 11 is 3.32. The standard InChI is InChI=1S/C14H14BrN5O/c1-21-7-6-20-10-5-3-2-4-9(10)18-14(20)12-13(16)17-8-11(15)19-12/h2-5,8H,6-7H2,1H3,(H2,16,17). The van der Waals surface area contributed by atoms with Gasteiger partial charge in [-0.15, -0.1) is 0 Å². The maximum Gasteiger partial charge on any atom is 0.163 e. The lowest BCUT2D eigenvalue weighted by Gasteiger charge is -2.09. The minimum atomic E-state index is 0.354. The monoisotopic (exact) mass is 347 g/mol. The molecule has 3 rings (SSSR count). The number of methoxy groups -OCH3 is 1. The van der Waals surface area contributed by atoms with Crippen molar-refractivity contribution in [2.75, 3.05) is 19.5 Å². The number of ether oxygens (including phenoxy) is 1. The third-order valence-corrected chi connectivity index (χ3v) is 3.54. The molecule has 0 aliphatic rings. The molecule has 0 amide bonds. The molecular formula is C14H14BrN5O. The number of hydrogen-bond acceptors (Lipinski definition) is 5. The minimum absolute atomic E-state index is 0.354. The first-order valence-corrected chi connectivity index (χ1v) is 7.22. The molecule has 0 saturated heterocycles. The van der Waals surface area contributed by atoms with Gasteiger partial charge in [-0.05, 0) is 28.1 Å². The molecule has 108 valence electrons. The van der Waals surface area contributed by atoms with E-state index in [0.29, 0.717) is 35.1 Å². The van der Waals surface area contributed by atoms with Crippen LogP contribution >= 0.6 is 15.9 Å². The largest absolute Gasteiger partial charge is 0.383 e. The van der Waals surface area contributed by atoms with Gasteiger partial charge in [0.25, 0.3) is 0 Å². The number of anilines is 1. The van der Waals surface area contributed by atoms with Gasteiger partial charge in [-0.1, -0.05) is 12.1 Å². The van der Waals surface area contributed by atoms with Crippen LogP contribution in [-0.2, 0) is 11.3 Å². The Morgan fingerprint density at radius 3 is 2.90 bits per heavy atom. The zero-order valence-corrected chi connectivity index (χ0v) is 13.0. The molecule has 0 spiro atoms. The number of fused-ring (bicyclic) bond motifs is 1. The zero-order valence-electron chi connectivity index (χ0n) is 11.5. The Kier molecular flexibility index (Phi) is 3.85. The van der Waals surface area contributed by atoms with Crippen LogP contribution in [0.5, 0.6) is 0 Å². The molecule has 0 atom stereocenters. The van der Waals surface area contributed by atoms with Crippen molar-refractivity contribution in [1.82, 2.24) is 19.5 Å². The summed E-state index contributed by atoms with van der Waals surface area (Å²) in [7, 11) is 1.67. The van der Waals surface area contributed by atoms with Crippen LogP contribution in [0.4, 0.5) is 5.82 Å². The lowest BCUT2D eigenvalue weighted by molar-refractivity contribution is 0.188. The van der Waals surface area contributed by atoms with Crippen molar-refractivity contribution < 1.29 is 4.74 Å². The molecule has 2 N–H and O–H groups in total. The van der Waals surface area contributed by atoms with Crippen molar-refractivity contribution in [2.45, 2.75) is 6.54 Å². The van der Waals surface area contributed by atoms with Crippen LogP contribution < -0.4 is 5.73 Å². The van der Waals surface area contributed by atoms with Gasteiger partial charge in [-0.25, -0.2) is 15.0 Å². The van der Waals surface area contributed by atoms with Crippen LogP contribution in [0.1, 0.15) is 0 Å². The van der Waals surface area contributed by atoms with E-state index in [9.17, 15) is 0 Å². The highest BCUT2D eigenvalue weighted by molar-refractivity contribution is 9.10. The van der Waals surface area contributed by atoms with E-state index >= 15 is 0 Å². The number of imidazole rings is 1. The number of nitrogens with two attached hydrogens (primary N) is 1. The summed E-state index contributed by atoms with van der Waals surface area (Å²) in [6, 6.07) is 7.91. The van der Waals surface area contributed by atoms with Crippen LogP contribution in [0.3, 0.4) is 0 Å². The molecule has 1 aromatic carbocycles. The molecule has 2 heterocycles. The van der Waals surface area contributed by atoms with Gasteiger partial charge in [-0.2, -0.15) is 0 Å². The van der Waals surface area contributed by atoms with Gasteiger partial charge >= 0.3 is 0 Å². The van der Waals surface area contributed by atoms with Crippen LogP contribution in [0.25, 0.3) is 22.6 Å². The normalized spacial score (nSPS) is 11.1. The Labute approximate surface area is 130 Å². The summed E-state index contributed by atoms with van der Waals surface area (Å²) in [5.74, 6) is 1.05. The third kappa shape index (κ3) is 2.62. The summed E-state index contributed by atoms with van der Waals surface area (Å²) in [5, 5.41) is 0. The van der Waals surface area contributed by atoms with Crippen molar-refractivity contribution in [3.63, 3.8) is 0 Å². The number of halogens is 1. The number of benzene rings is 1. The Morgan fingerprint density at radius 2 is 2.10 bits per heavy atom. The highest BCUT2D eigenvalue weighted by Gasteiger charge is 2.16. The second-order valence-corrected chi connectivity index (χ2v) is 5.31. The van der Waals surface area contributed by atoms with Crippen LogP contribution in [-0.4, -0.2) is 33.2 Å². The van der Waals surface area contributed by atoms with Gasteiger partial charge in [0, 0.05) is 13.7 Å². The summed E-state index contributed by atoms with van der Waals surface area (Å²) < 4.78 is 7.85. The second kappa shape index (κ2) is 5.79. The van der Waals surface area contributed by atoms with E-state index in [-0.39, 0.29) is 0 Å². The summed E-state index contributed by atoms with van der Waals surface area (Å²) in [6.07, 6.45) is 1.57. The van der Waals surface area contributed by atoms with Crippen LogP contribution in [0.2, 0.25) is 0 Å². The van der Waals surface area contributed by atoms with E-state index < -0.39 is 0 Å². The Morgan fingerprint density at radius 1 is 1.29 bits per heavy atom. The van der Waals surface area contributed by atoms with E-state index in [0.717, 1.165) is 11.0 Å².